The summed E-state index contributed by atoms with van der Waals surface area (Å²) in [6, 6.07) is 2.64. The lowest BCUT2D eigenvalue weighted by molar-refractivity contribution is 0.0697. The van der Waals surface area contributed by atoms with E-state index >= 15 is 0 Å². The maximum Gasteiger partial charge on any atom is 0.335 e. The number of carbonyl (C=O) groups is 2. The Morgan fingerprint density at radius 3 is 2.65 bits per heavy atom. The van der Waals surface area contributed by atoms with Crippen molar-refractivity contribution in [3.05, 3.63) is 29.6 Å². The highest BCUT2D eigenvalue weighted by atomic mass is 19.1. The van der Waals surface area contributed by atoms with Gasteiger partial charge in [-0.25, -0.2) is 14.0 Å². The number of carboxylic acid groups (broad SMARTS) is 1. The van der Waals surface area contributed by atoms with Crippen molar-refractivity contribution in [1.29, 1.82) is 0 Å². The van der Waals surface area contributed by atoms with E-state index in [1.165, 1.54) is 4.90 Å². The Kier molecular flexibility index (Phi) is 5.92. The lowest BCUT2D eigenvalue weighted by Crippen LogP contribution is -2.36. The molecule has 0 heterocycles. The number of hydrogen-bond donors (Lipinski definition) is 3. The Morgan fingerprint density at radius 2 is 2.10 bits per heavy atom. The number of urea groups is 1. The van der Waals surface area contributed by atoms with E-state index in [9.17, 15) is 14.0 Å². The molecule has 0 unspecified atom stereocenters. The predicted octanol–water partition coefficient (Wildman–Crippen LogP) is 1.76. The van der Waals surface area contributed by atoms with Crippen LogP contribution in [0.15, 0.2) is 18.2 Å². The van der Waals surface area contributed by atoms with Gasteiger partial charge < -0.3 is 20.4 Å². The van der Waals surface area contributed by atoms with Crippen LogP contribution in [0.1, 0.15) is 23.7 Å². The molecular weight excluding hydrogens is 267 g/mol. The Hall–Kier alpha value is -2.15. The fourth-order valence-electron chi connectivity index (χ4n) is 1.61. The van der Waals surface area contributed by atoms with Crippen molar-refractivity contribution in [2.24, 2.45) is 0 Å². The number of benzene rings is 1. The average Bonchev–Trinajstić information content (AvgIpc) is 2.41. The molecule has 0 aliphatic rings. The van der Waals surface area contributed by atoms with Gasteiger partial charge in [-0.3, -0.25) is 0 Å². The maximum absolute atomic E-state index is 13.5. The number of anilines is 1. The molecule has 110 valence electrons. The van der Waals surface area contributed by atoms with Crippen molar-refractivity contribution in [3.8, 4) is 0 Å². The fourth-order valence-corrected chi connectivity index (χ4v) is 1.61. The Morgan fingerprint density at radius 1 is 1.40 bits per heavy atom. The molecular formula is C13H17FN2O4. The van der Waals surface area contributed by atoms with Crippen LogP contribution in [-0.4, -0.2) is 46.8 Å². The summed E-state index contributed by atoms with van der Waals surface area (Å²) in [4.78, 5) is 24.1. The van der Waals surface area contributed by atoms with Crippen LogP contribution in [0.4, 0.5) is 14.9 Å². The Balaban J connectivity index is 2.83. The van der Waals surface area contributed by atoms with Crippen molar-refractivity contribution in [3.63, 3.8) is 0 Å². The summed E-state index contributed by atoms with van der Waals surface area (Å²) >= 11 is 0. The van der Waals surface area contributed by atoms with Gasteiger partial charge in [0, 0.05) is 19.7 Å². The molecule has 0 aromatic heterocycles. The van der Waals surface area contributed by atoms with Gasteiger partial charge >= 0.3 is 12.0 Å². The number of rotatable bonds is 6. The van der Waals surface area contributed by atoms with Gasteiger partial charge in [0.2, 0.25) is 0 Å². The molecule has 0 radical (unpaired) electrons. The summed E-state index contributed by atoms with van der Waals surface area (Å²) in [5, 5.41) is 19.9. The first kappa shape index (κ1) is 15.9. The summed E-state index contributed by atoms with van der Waals surface area (Å²) in [6.45, 7) is 2.43. The smallest absolute Gasteiger partial charge is 0.335 e. The standard InChI is InChI=1S/C13H17FN2O4/c1-2-16(6-3-7-17)13(20)15-11-8-9(12(18)19)4-5-10(11)14/h4-5,8,17H,2-3,6-7H2,1H3,(H,15,20)(H,18,19). The highest BCUT2D eigenvalue weighted by Crippen LogP contribution is 2.17. The van der Waals surface area contributed by atoms with E-state index in [1.807, 2.05) is 0 Å². The molecule has 3 N–H and O–H groups in total. The molecule has 2 amide bonds. The predicted molar refractivity (Wildman–Crippen MR) is 71.3 cm³/mol. The third-order valence-electron chi connectivity index (χ3n) is 2.71. The minimum absolute atomic E-state index is 0.0490. The van der Waals surface area contributed by atoms with Gasteiger partial charge in [0.05, 0.1) is 11.3 Å². The highest BCUT2D eigenvalue weighted by molar-refractivity contribution is 5.93. The monoisotopic (exact) mass is 284 g/mol. The van der Waals surface area contributed by atoms with Crippen molar-refractivity contribution in [1.82, 2.24) is 4.90 Å². The third kappa shape index (κ3) is 4.20. The number of halogens is 1. The second-order valence-electron chi connectivity index (χ2n) is 4.09. The zero-order valence-electron chi connectivity index (χ0n) is 11.1. The molecule has 0 aliphatic heterocycles. The second-order valence-corrected chi connectivity index (χ2v) is 4.09. The molecule has 0 atom stereocenters. The van der Waals surface area contributed by atoms with Gasteiger partial charge in [-0.2, -0.15) is 0 Å². The number of nitrogens with zero attached hydrogens (tertiary/aromatic N) is 1. The van der Waals surface area contributed by atoms with E-state index in [-0.39, 0.29) is 17.9 Å². The number of carbonyl (C=O) groups excluding carboxylic acids is 1. The first-order chi connectivity index (χ1) is 9.49. The largest absolute Gasteiger partial charge is 0.478 e. The lowest BCUT2D eigenvalue weighted by Gasteiger charge is -2.21. The number of aliphatic hydroxyl groups excluding tert-OH is 1. The normalized spacial score (nSPS) is 10.2. The van der Waals surface area contributed by atoms with Crippen LogP contribution in [0.5, 0.6) is 0 Å². The molecule has 7 heteroatoms. The van der Waals surface area contributed by atoms with Gasteiger partial charge in [0.15, 0.2) is 0 Å². The number of nitrogens with one attached hydrogen (secondary N) is 1. The summed E-state index contributed by atoms with van der Waals surface area (Å²) < 4.78 is 13.5. The van der Waals surface area contributed by atoms with Gasteiger partial charge in [-0.15, -0.1) is 0 Å². The maximum atomic E-state index is 13.5. The molecule has 0 bridgehead atoms. The van der Waals surface area contributed by atoms with Crippen LogP contribution in [0.2, 0.25) is 0 Å². The first-order valence-electron chi connectivity index (χ1n) is 6.19. The van der Waals surface area contributed by atoms with Crippen LogP contribution in [-0.2, 0) is 0 Å². The molecule has 0 aliphatic carbocycles. The van der Waals surface area contributed by atoms with Crippen molar-refractivity contribution >= 4 is 17.7 Å². The molecule has 1 aromatic rings. The summed E-state index contributed by atoms with van der Waals surface area (Å²) in [5.41, 5.74) is -0.294. The minimum Gasteiger partial charge on any atom is -0.478 e. The average molecular weight is 284 g/mol. The topological polar surface area (TPSA) is 89.9 Å². The second kappa shape index (κ2) is 7.44. The zero-order chi connectivity index (χ0) is 15.1. The van der Waals surface area contributed by atoms with E-state index in [1.54, 1.807) is 6.92 Å². The van der Waals surface area contributed by atoms with Crippen LogP contribution >= 0.6 is 0 Å². The molecule has 0 saturated carbocycles. The molecule has 0 saturated heterocycles. The molecule has 1 aromatic carbocycles. The fraction of sp³-hybridized carbons (Fsp3) is 0.385. The van der Waals surface area contributed by atoms with Crippen molar-refractivity contribution < 1.29 is 24.2 Å². The van der Waals surface area contributed by atoms with Crippen LogP contribution in [0, 0.1) is 5.82 Å². The zero-order valence-corrected chi connectivity index (χ0v) is 11.1. The van der Waals surface area contributed by atoms with Crippen molar-refractivity contribution in [2.75, 3.05) is 25.0 Å². The van der Waals surface area contributed by atoms with Gasteiger partial charge in [0.1, 0.15) is 5.82 Å². The summed E-state index contributed by atoms with van der Waals surface area (Å²) in [6.07, 6.45) is 0.416. The molecule has 0 spiro atoms. The third-order valence-corrected chi connectivity index (χ3v) is 2.71. The van der Waals surface area contributed by atoms with E-state index in [2.05, 4.69) is 5.32 Å². The summed E-state index contributed by atoms with van der Waals surface area (Å²) in [7, 11) is 0. The Bertz CT molecular complexity index is 493. The highest BCUT2D eigenvalue weighted by Gasteiger charge is 2.15. The minimum atomic E-state index is -1.20. The number of hydrogen-bond acceptors (Lipinski definition) is 3. The van der Waals surface area contributed by atoms with E-state index in [0.29, 0.717) is 19.5 Å². The van der Waals surface area contributed by atoms with E-state index < -0.39 is 17.8 Å². The van der Waals surface area contributed by atoms with Gasteiger partial charge in [-0.1, -0.05) is 0 Å². The van der Waals surface area contributed by atoms with Crippen LogP contribution in [0.25, 0.3) is 0 Å². The first-order valence-corrected chi connectivity index (χ1v) is 6.19. The van der Waals surface area contributed by atoms with E-state index in [0.717, 1.165) is 18.2 Å². The van der Waals surface area contributed by atoms with Gasteiger partial charge in [0.25, 0.3) is 0 Å². The number of aliphatic hydroxyl groups is 1. The van der Waals surface area contributed by atoms with Crippen LogP contribution in [0.3, 0.4) is 0 Å². The number of aromatic carboxylic acids is 1. The van der Waals surface area contributed by atoms with Gasteiger partial charge in [-0.05, 0) is 31.5 Å². The van der Waals surface area contributed by atoms with E-state index in [4.69, 9.17) is 10.2 Å². The quantitative estimate of drug-likeness (QED) is 0.742. The lowest BCUT2D eigenvalue weighted by atomic mass is 10.2. The van der Waals surface area contributed by atoms with Crippen LogP contribution < -0.4 is 5.32 Å². The number of amides is 2. The summed E-state index contributed by atoms with van der Waals surface area (Å²) in [5.74, 6) is -1.91. The molecule has 20 heavy (non-hydrogen) atoms. The Labute approximate surface area is 115 Å². The SMILES string of the molecule is CCN(CCCO)C(=O)Nc1cc(C(=O)O)ccc1F. The molecule has 0 fully saturated rings. The van der Waals surface area contributed by atoms with Crippen molar-refractivity contribution in [2.45, 2.75) is 13.3 Å². The number of carboxylic acids is 1. The molecule has 6 nitrogen and oxygen atoms in total. The molecule has 1 rings (SSSR count).